The molecule has 7 nitrogen and oxygen atoms in total. The number of hydrogen-bond acceptors (Lipinski definition) is 5. The molecule has 0 unspecified atom stereocenters. The van der Waals surface area contributed by atoms with Crippen molar-refractivity contribution in [3.8, 4) is 5.88 Å². The van der Waals surface area contributed by atoms with Crippen LogP contribution in [0, 0.1) is 5.92 Å². The Labute approximate surface area is 141 Å². The topological polar surface area (TPSA) is 78.3 Å². The number of amides is 1. The van der Waals surface area contributed by atoms with E-state index in [0.717, 1.165) is 24.0 Å². The summed E-state index contributed by atoms with van der Waals surface area (Å²) in [5, 5.41) is 7.17. The number of aryl methyl sites for hydroxylation is 1. The molecule has 2 atom stereocenters. The average Bonchev–Trinajstić information content (AvgIpc) is 3.06. The van der Waals surface area contributed by atoms with Crippen molar-refractivity contribution in [1.82, 2.24) is 20.1 Å². The predicted molar refractivity (Wildman–Crippen MR) is 87.3 cm³/mol. The highest BCUT2D eigenvalue weighted by molar-refractivity contribution is 5.79. The molecular weight excluding hydrogens is 308 g/mol. The van der Waals surface area contributed by atoms with E-state index in [9.17, 15) is 4.79 Å². The van der Waals surface area contributed by atoms with Crippen LogP contribution in [0.1, 0.15) is 30.1 Å². The number of aromatic nitrogens is 3. The zero-order valence-corrected chi connectivity index (χ0v) is 13.9. The molecule has 1 fully saturated rings. The molecule has 2 aromatic heterocycles. The minimum Gasteiger partial charge on any atom is -0.481 e. The number of pyridine rings is 1. The summed E-state index contributed by atoms with van der Waals surface area (Å²) in [5.41, 5.74) is 1.79. The summed E-state index contributed by atoms with van der Waals surface area (Å²) >= 11 is 0. The third-order valence-electron chi connectivity index (χ3n) is 4.21. The van der Waals surface area contributed by atoms with E-state index in [4.69, 9.17) is 9.47 Å². The number of nitrogens with zero attached hydrogens (tertiary/aromatic N) is 3. The van der Waals surface area contributed by atoms with E-state index in [0.29, 0.717) is 19.0 Å². The fourth-order valence-electron chi connectivity index (χ4n) is 3.02. The normalized spacial score (nSPS) is 20.6. The van der Waals surface area contributed by atoms with Crippen LogP contribution in [-0.2, 0) is 23.1 Å². The number of carbonyl (C=O) groups is 1. The summed E-state index contributed by atoms with van der Waals surface area (Å²) in [6, 6.07) is 3.72. The van der Waals surface area contributed by atoms with Crippen LogP contribution < -0.4 is 10.1 Å². The first kappa shape index (κ1) is 16.4. The van der Waals surface area contributed by atoms with Gasteiger partial charge in [-0.05, 0) is 18.9 Å². The van der Waals surface area contributed by atoms with Gasteiger partial charge in [-0.1, -0.05) is 6.07 Å². The maximum atomic E-state index is 12.7. The highest BCUT2D eigenvalue weighted by atomic mass is 16.5. The van der Waals surface area contributed by atoms with Crippen molar-refractivity contribution < 1.29 is 14.3 Å². The van der Waals surface area contributed by atoms with E-state index in [2.05, 4.69) is 15.4 Å². The van der Waals surface area contributed by atoms with Gasteiger partial charge in [0.25, 0.3) is 0 Å². The lowest BCUT2D eigenvalue weighted by Gasteiger charge is -2.30. The monoisotopic (exact) mass is 330 g/mol. The molecule has 0 radical (unpaired) electrons. The molecule has 2 aromatic rings. The first-order valence-corrected chi connectivity index (χ1v) is 8.05. The minimum absolute atomic E-state index is 0.0190. The van der Waals surface area contributed by atoms with Gasteiger partial charge in [-0.15, -0.1) is 0 Å². The lowest BCUT2D eigenvalue weighted by molar-refractivity contribution is -0.134. The fraction of sp³-hybridized carbons (Fsp3) is 0.471. The number of ether oxygens (including phenoxy) is 2. The van der Waals surface area contributed by atoms with Gasteiger partial charge in [0.2, 0.25) is 11.8 Å². The van der Waals surface area contributed by atoms with Crippen LogP contribution in [0.4, 0.5) is 0 Å². The lowest BCUT2D eigenvalue weighted by atomic mass is 9.90. The Bertz CT molecular complexity index is 701. The Morgan fingerprint density at radius 1 is 1.54 bits per heavy atom. The fourth-order valence-corrected chi connectivity index (χ4v) is 3.02. The molecule has 7 heteroatoms. The maximum Gasteiger partial charge on any atom is 0.226 e. The van der Waals surface area contributed by atoms with Gasteiger partial charge in [0.05, 0.1) is 25.3 Å². The van der Waals surface area contributed by atoms with Gasteiger partial charge in [0, 0.05) is 43.7 Å². The van der Waals surface area contributed by atoms with Crippen LogP contribution in [0.5, 0.6) is 5.88 Å². The van der Waals surface area contributed by atoms with Gasteiger partial charge < -0.3 is 14.8 Å². The number of hydrogen-bond donors (Lipinski definition) is 1. The van der Waals surface area contributed by atoms with Crippen molar-refractivity contribution >= 4 is 5.91 Å². The molecule has 1 saturated heterocycles. The van der Waals surface area contributed by atoms with Gasteiger partial charge in [-0.25, -0.2) is 4.98 Å². The second-order valence-electron chi connectivity index (χ2n) is 5.88. The highest BCUT2D eigenvalue weighted by Crippen LogP contribution is 2.33. The van der Waals surface area contributed by atoms with Crippen molar-refractivity contribution in [2.24, 2.45) is 13.0 Å². The molecule has 1 aliphatic heterocycles. The maximum absolute atomic E-state index is 12.7. The van der Waals surface area contributed by atoms with Crippen molar-refractivity contribution in [1.29, 1.82) is 0 Å². The second kappa shape index (κ2) is 7.44. The van der Waals surface area contributed by atoms with Gasteiger partial charge in [-0.3, -0.25) is 9.48 Å². The Morgan fingerprint density at radius 2 is 2.42 bits per heavy atom. The third kappa shape index (κ3) is 3.56. The standard InChI is InChI=1S/C17H22N4O3/c1-21-11-13(10-20-21)15-14(6-4-8-24-15)16(22)19-9-12-5-3-7-18-17(12)23-2/h3,5,7,10-11,14-15H,4,6,8-9H2,1-2H3,(H,19,22)/t14-,15+/m1/s1. The summed E-state index contributed by atoms with van der Waals surface area (Å²) < 4.78 is 12.8. The van der Waals surface area contributed by atoms with Crippen molar-refractivity contribution in [2.75, 3.05) is 13.7 Å². The second-order valence-corrected chi connectivity index (χ2v) is 5.88. The number of nitrogens with one attached hydrogen (secondary N) is 1. The minimum atomic E-state index is -0.247. The Hall–Kier alpha value is -2.41. The molecule has 0 spiro atoms. The molecule has 3 rings (SSSR count). The molecule has 1 aliphatic rings. The van der Waals surface area contributed by atoms with Gasteiger partial charge >= 0.3 is 0 Å². The van der Waals surface area contributed by atoms with Crippen LogP contribution in [0.15, 0.2) is 30.7 Å². The molecule has 0 saturated carbocycles. The zero-order chi connectivity index (χ0) is 16.9. The van der Waals surface area contributed by atoms with Crippen LogP contribution >= 0.6 is 0 Å². The number of carbonyl (C=O) groups excluding carboxylic acids is 1. The highest BCUT2D eigenvalue weighted by Gasteiger charge is 2.33. The summed E-state index contributed by atoms with van der Waals surface area (Å²) in [7, 11) is 3.43. The lowest BCUT2D eigenvalue weighted by Crippen LogP contribution is -2.37. The Morgan fingerprint density at radius 3 is 3.17 bits per heavy atom. The van der Waals surface area contributed by atoms with E-state index in [-0.39, 0.29) is 17.9 Å². The van der Waals surface area contributed by atoms with Crippen LogP contribution in [0.3, 0.4) is 0 Å². The number of rotatable bonds is 5. The van der Waals surface area contributed by atoms with Crippen molar-refractivity contribution in [2.45, 2.75) is 25.5 Å². The Balaban J connectivity index is 1.68. The van der Waals surface area contributed by atoms with Gasteiger partial charge in [0.1, 0.15) is 0 Å². The van der Waals surface area contributed by atoms with Crippen molar-refractivity contribution in [3.63, 3.8) is 0 Å². The molecule has 0 aromatic carbocycles. The molecule has 3 heterocycles. The van der Waals surface area contributed by atoms with Crippen molar-refractivity contribution in [3.05, 3.63) is 41.9 Å². The van der Waals surface area contributed by atoms with Crippen LogP contribution in [0.2, 0.25) is 0 Å². The molecule has 0 bridgehead atoms. The van der Waals surface area contributed by atoms with Gasteiger partial charge in [-0.2, -0.15) is 5.10 Å². The van der Waals surface area contributed by atoms with E-state index in [1.54, 1.807) is 24.2 Å². The van der Waals surface area contributed by atoms with Crippen LogP contribution in [-0.4, -0.2) is 34.4 Å². The summed E-state index contributed by atoms with van der Waals surface area (Å²) in [6.45, 7) is 1.05. The third-order valence-corrected chi connectivity index (χ3v) is 4.21. The Kier molecular flexibility index (Phi) is 5.10. The van der Waals surface area contributed by atoms with Crippen LogP contribution in [0.25, 0.3) is 0 Å². The SMILES string of the molecule is COc1ncccc1CNC(=O)[C@@H]1CCCO[C@H]1c1cnn(C)c1. The number of methoxy groups -OCH3 is 1. The molecule has 0 aliphatic carbocycles. The molecule has 24 heavy (non-hydrogen) atoms. The quantitative estimate of drug-likeness (QED) is 0.901. The summed E-state index contributed by atoms with van der Waals surface area (Å²) in [4.78, 5) is 16.8. The smallest absolute Gasteiger partial charge is 0.226 e. The predicted octanol–water partition coefficient (Wildman–Crippen LogP) is 1.61. The largest absolute Gasteiger partial charge is 0.481 e. The summed E-state index contributed by atoms with van der Waals surface area (Å²) in [5.74, 6) is 0.293. The summed E-state index contributed by atoms with van der Waals surface area (Å²) in [6.07, 6.45) is 6.77. The first-order chi connectivity index (χ1) is 11.7. The van der Waals surface area contributed by atoms with E-state index in [1.165, 1.54) is 0 Å². The average molecular weight is 330 g/mol. The molecule has 1 amide bonds. The molecule has 128 valence electrons. The van der Waals surface area contributed by atoms with E-state index < -0.39 is 0 Å². The van der Waals surface area contributed by atoms with E-state index in [1.807, 2.05) is 25.4 Å². The van der Waals surface area contributed by atoms with E-state index >= 15 is 0 Å². The zero-order valence-electron chi connectivity index (χ0n) is 13.9. The molecular formula is C17H22N4O3. The first-order valence-electron chi connectivity index (χ1n) is 8.05. The molecule has 1 N–H and O–H groups in total. The van der Waals surface area contributed by atoms with Gasteiger partial charge in [0.15, 0.2) is 0 Å².